The van der Waals surface area contributed by atoms with E-state index in [1.807, 2.05) is 0 Å². The number of alkyl halides is 3. The van der Waals surface area contributed by atoms with Gasteiger partial charge in [-0.1, -0.05) is 6.92 Å². The number of fused-ring (bicyclic) bond motifs is 1. The predicted molar refractivity (Wildman–Crippen MR) is 105 cm³/mol. The summed E-state index contributed by atoms with van der Waals surface area (Å²) in [5, 5.41) is 0. The van der Waals surface area contributed by atoms with Gasteiger partial charge in [0, 0.05) is 31.3 Å². The van der Waals surface area contributed by atoms with Crippen LogP contribution in [0.2, 0.25) is 0 Å². The van der Waals surface area contributed by atoms with Crippen molar-refractivity contribution in [3.63, 3.8) is 0 Å². The lowest BCUT2D eigenvalue weighted by Gasteiger charge is -2.25. The first-order chi connectivity index (χ1) is 14.6. The average Bonchev–Trinajstić information content (AvgIpc) is 2.74. The molecule has 0 saturated heterocycles. The molecule has 0 spiro atoms. The molecule has 4 rings (SSSR count). The molecule has 2 aromatic heterocycles. The Morgan fingerprint density at radius 2 is 1.87 bits per heavy atom. The van der Waals surface area contributed by atoms with Gasteiger partial charge in [0.05, 0.1) is 22.6 Å². The number of rotatable bonds is 3. The SMILES string of the molecule is C[C@H](c1cc(F)cc(C(F)(F)F)c1)c1cc(-c2nccc3c2CCN(C)C3=O)ncn1. The van der Waals surface area contributed by atoms with Crippen molar-refractivity contribution in [2.75, 3.05) is 13.6 Å². The van der Waals surface area contributed by atoms with Crippen molar-refractivity contribution in [3.8, 4) is 11.4 Å². The number of pyridine rings is 1. The Bertz CT molecular complexity index is 1160. The Morgan fingerprint density at radius 1 is 1.10 bits per heavy atom. The zero-order chi connectivity index (χ0) is 22.3. The molecule has 1 atom stereocenters. The molecule has 0 fully saturated rings. The van der Waals surface area contributed by atoms with Gasteiger partial charge < -0.3 is 4.90 Å². The number of halogens is 4. The maximum atomic E-state index is 13.9. The van der Waals surface area contributed by atoms with Gasteiger partial charge in [0.25, 0.3) is 5.91 Å². The smallest absolute Gasteiger partial charge is 0.341 e. The minimum absolute atomic E-state index is 0.105. The second-order valence-corrected chi connectivity index (χ2v) is 7.48. The molecule has 0 bridgehead atoms. The van der Waals surface area contributed by atoms with Crippen molar-refractivity contribution >= 4 is 5.91 Å². The largest absolute Gasteiger partial charge is 0.416 e. The van der Waals surface area contributed by atoms with Gasteiger partial charge in [-0.15, -0.1) is 0 Å². The second-order valence-electron chi connectivity index (χ2n) is 7.48. The van der Waals surface area contributed by atoms with Crippen LogP contribution in [0.15, 0.2) is 42.9 Å². The van der Waals surface area contributed by atoms with Gasteiger partial charge >= 0.3 is 6.18 Å². The van der Waals surface area contributed by atoms with Gasteiger partial charge in [-0.3, -0.25) is 9.78 Å². The highest BCUT2D eigenvalue weighted by molar-refractivity contribution is 5.98. The normalized spacial score (nSPS) is 15.0. The van der Waals surface area contributed by atoms with E-state index in [2.05, 4.69) is 15.0 Å². The van der Waals surface area contributed by atoms with Crippen LogP contribution in [-0.4, -0.2) is 39.4 Å². The van der Waals surface area contributed by atoms with Crippen LogP contribution < -0.4 is 0 Å². The van der Waals surface area contributed by atoms with E-state index in [0.717, 1.165) is 17.7 Å². The first-order valence-corrected chi connectivity index (χ1v) is 9.58. The highest BCUT2D eigenvalue weighted by Crippen LogP contribution is 2.34. The summed E-state index contributed by atoms with van der Waals surface area (Å²) in [6.45, 7) is 2.19. The maximum Gasteiger partial charge on any atom is 0.416 e. The Labute approximate surface area is 175 Å². The second kappa shape index (κ2) is 7.72. The van der Waals surface area contributed by atoms with E-state index in [0.29, 0.717) is 41.7 Å². The third kappa shape index (κ3) is 3.99. The van der Waals surface area contributed by atoms with Gasteiger partial charge in [0.2, 0.25) is 0 Å². The van der Waals surface area contributed by atoms with Crippen LogP contribution in [0.3, 0.4) is 0 Å². The van der Waals surface area contributed by atoms with Gasteiger partial charge in [-0.25, -0.2) is 14.4 Å². The number of hydrogen-bond donors (Lipinski definition) is 0. The monoisotopic (exact) mass is 430 g/mol. The molecular weight excluding hydrogens is 412 g/mol. The topological polar surface area (TPSA) is 59.0 Å². The van der Waals surface area contributed by atoms with Crippen LogP contribution in [0.4, 0.5) is 17.6 Å². The van der Waals surface area contributed by atoms with Crippen LogP contribution >= 0.6 is 0 Å². The first kappa shape index (κ1) is 20.9. The summed E-state index contributed by atoms with van der Waals surface area (Å²) in [5.41, 5.74) is 1.83. The number of carbonyl (C=O) groups excluding carboxylic acids is 1. The Morgan fingerprint density at radius 3 is 2.61 bits per heavy atom. The Hall–Kier alpha value is -3.36. The molecule has 1 aromatic carbocycles. The summed E-state index contributed by atoms with van der Waals surface area (Å²) in [6, 6.07) is 5.74. The number of carbonyl (C=O) groups is 1. The molecule has 1 aliphatic rings. The average molecular weight is 430 g/mol. The number of benzene rings is 1. The van der Waals surface area contributed by atoms with E-state index in [4.69, 9.17) is 0 Å². The summed E-state index contributed by atoms with van der Waals surface area (Å²) in [5.74, 6) is -1.69. The van der Waals surface area contributed by atoms with Gasteiger partial charge in [0.1, 0.15) is 12.1 Å². The third-order valence-corrected chi connectivity index (χ3v) is 5.45. The molecule has 0 N–H and O–H groups in total. The molecule has 0 radical (unpaired) electrons. The van der Waals surface area contributed by atoms with Crippen molar-refractivity contribution in [3.05, 3.63) is 76.6 Å². The molecule has 31 heavy (non-hydrogen) atoms. The summed E-state index contributed by atoms with van der Waals surface area (Å²) in [6.07, 6.45) is -1.23. The van der Waals surface area contributed by atoms with Gasteiger partial charge in [0.15, 0.2) is 0 Å². The summed E-state index contributed by atoms with van der Waals surface area (Å²) < 4.78 is 53.1. The molecule has 0 unspecified atom stereocenters. The zero-order valence-electron chi connectivity index (χ0n) is 16.7. The van der Waals surface area contributed by atoms with Crippen LogP contribution in [0.5, 0.6) is 0 Å². The van der Waals surface area contributed by atoms with Crippen LogP contribution in [0.1, 0.15) is 45.6 Å². The molecule has 0 aliphatic carbocycles. The molecule has 5 nitrogen and oxygen atoms in total. The third-order valence-electron chi connectivity index (χ3n) is 5.45. The molecule has 9 heteroatoms. The highest BCUT2D eigenvalue weighted by Gasteiger charge is 2.32. The number of nitrogens with zero attached hydrogens (tertiary/aromatic N) is 4. The lowest BCUT2D eigenvalue weighted by Crippen LogP contribution is -2.34. The van der Waals surface area contributed by atoms with Crippen molar-refractivity contribution in [1.29, 1.82) is 0 Å². The van der Waals surface area contributed by atoms with E-state index in [1.54, 1.807) is 31.0 Å². The minimum Gasteiger partial charge on any atom is -0.341 e. The first-order valence-electron chi connectivity index (χ1n) is 9.58. The lowest BCUT2D eigenvalue weighted by molar-refractivity contribution is -0.137. The molecule has 1 amide bonds. The molecule has 1 aliphatic heterocycles. The Balaban J connectivity index is 1.74. The maximum absolute atomic E-state index is 13.9. The zero-order valence-corrected chi connectivity index (χ0v) is 16.7. The fraction of sp³-hybridized carbons (Fsp3) is 0.273. The number of aromatic nitrogens is 3. The summed E-state index contributed by atoms with van der Waals surface area (Å²) >= 11 is 0. The number of amides is 1. The molecule has 3 aromatic rings. The van der Waals surface area contributed by atoms with Crippen molar-refractivity contribution in [1.82, 2.24) is 19.9 Å². The quantitative estimate of drug-likeness (QED) is 0.575. The molecule has 160 valence electrons. The summed E-state index contributed by atoms with van der Waals surface area (Å²) in [4.78, 5) is 26.9. The van der Waals surface area contributed by atoms with Gasteiger partial charge in [-0.2, -0.15) is 13.2 Å². The molecule has 0 saturated carbocycles. The minimum atomic E-state index is -4.65. The standard InChI is InChI=1S/C22H18F4N4O/c1-12(13-7-14(22(24,25)26)9-15(23)8-13)18-10-19(29-11-28-18)20-16-4-6-30(2)21(31)17(16)3-5-27-20/h3,5,7-12H,4,6H2,1-2H3/t12-/m1/s1. The number of hydrogen-bond acceptors (Lipinski definition) is 4. The van der Waals surface area contributed by atoms with Crippen LogP contribution in [0, 0.1) is 5.82 Å². The lowest BCUT2D eigenvalue weighted by atomic mass is 9.93. The van der Waals surface area contributed by atoms with E-state index in [-0.39, 0.29) is 11.5 Å². The number of likely N-dealkylation sites (N-methyl/N-ethyl adjacent to an activating group) is 1. The Kier molecular flexibility index (Phi) is 5.20. The van der Waals surface area contributed by atoms with Crippen molar-refractivity contribution in [2.45, 2.75) is 25.4 Å². The summed E-state index contributed by atoms with van der Waals surface area (Å²) in [7, 11) is 1.73. The van der Waals surface area contributed by atoms with E-state index < -0.39 is 23.5 Å². The van der Waals surface area contributed by atoms with Gasteiger partial charge in [-0.05, 0) is 47.9 Å². The van der Waals surface area contributed by atoms with Crippen LogP contribution in [0.25, 0.3) is 11.4 Å². The van der Waals surface area contributed by atoms with E-state index >= 15 is 0 Å². The fourth-order valence-corrected chi connectivity index (χ4v) is 3.69. The molecule has 3 heterocycles. The highest BCUT2D eigenvalue weighted by atomic mass is 19.4. The van der Waals surface area contributed by atoms with Crippen molar-refractivity contribution in [2.24, 2.45) is 0 Å². The molecular formula is C22H18F4N4O. The van der Waals surface area contributed by atoms with E-state index in [9.17, 15) is 22.4 Å². The van der Waals surface area contributed by atoms with E-state index in [1.165, 1.54) is 12.5 Å². The fourth-order valence-electron chi connectivity index (χ4n) is 3.69. The van der Waals surface area contributed by atoms with Crippen LogP contribution in [-0.2, 0) is 12.6 Å². The predicted octanol–water partition coefficient (Wildman–Crippen LogP) is 4.48. The van der Waals surface area contributed by atoms with Crippen molar-refractivity contribution < 1.29 is 22.4 Å².